The maximum Gasteiger partial charge on any atom is 0.243 e. The molecule has 7 nitrogen and oxygen atoms in total. The highest BCUT2D eigenvalue weighted by atomic mass is 32.2. The van der Waals surface area contributed by atoms with Crippen LogP contribution in [0.5, 0.6) is 0 Å². The van der Waals surface area contributed by atoms with Crippen molar-refractivity contribution in [3.05, 3.63) is 18.2 Å². The second kappa shape index (κ2) is 9.66. The zero-order valence-electron chi connectivity index (χ0n) is 17.6. The van der Waals surface area contributed by atoms with Gasteiger partial charge in [0.2, 0.25) is 15.9 Å². The van der Waals surface area contributed by atoms with Gasteiger partial charge in [-0.1, -0.05) is 25.7 Å². The van der Waals surface area contributed by atoms with Crippen molar-refractivity contribution in [2.75, 3.05) is 49.6 Å². The Morgan fingerprint density at radius 1 is 0.933 bits per heavy atom. The highest BCUT2D eigenvalue weighted by molar-refractivity contribution is 7.89. The summed E-state index contributed by atoms with van der Waals surface area (Å²) in [4.78, 5) is 15.4. The van der Waals surface area contributed by atoms with Crippen LogP contribution in [0.15, 0.2) is 23.1 Å². The van der Waals surface area contributed by atoms with Crippen LogP contribution in [-0.2, 0) is 19.6 Å². The van der Waals surface area contributed by atoms with Crippen molar-refractivity contribution in [1.82, 2.24) is 4.31 Å². The lowest BCUT2D eigenvalue weighted by Gasteiger charge is -2.28. The van der Waals surface area contributed by atoms with Crippen LogP contribution in [0.25, 0.3) is 0 Å². The molecule has 1 aromatic carbocycles. The van der Waals surface area contributed by atoms with E-state index in [2.05, 4.69) is 10.2 Å². The summed E-state index contributed by atoms with van der Waals surface area (Å²) in [6.45, 7) is 3.41. The number of amides is 1. The normalized spacial score (nSPS) is 22.1. The Kier molecular flexibility index (Phi) is 6.95. The number of hydrogen-bond acceptors (Lipinski definition) is 5. The quantitative estimate of drug-likeness (QED) is 0.768. The topological polar surface area (TPSA) is 79.0 Å². The van der Waals surface area contributed by atoms with Gasteiger partial charge >= 0.3 is 0 Å². The van der Waals surface area contributed by atoms with Gasteiger partial charge in [-0.25, -0.2) is 8.42 Å². The fourth-order valence-corrected chi connectivity index (χ4v) is 6.16. The fourth-order valence-electron chi connectivity index (χ4n) is 4.72. The molecule has 2 saturated heterocycles. The van der Waals surface area contributed by atoms with E-state index in [-0.39, 0.29) is 16.7 Å². The van der Waals surface area contributed by atoms with Crippen molar-refractivity contribution in [2.24, 2.45) is 5.92 Å². The van der Waals surface area contributed by atoms with Gasteiger partial charge in [0.1, 0.15) is 0 Å². The molecule has 0 unspecified atom stereocenters. The molecule has 1 N–H and O–H groups in total. The summed E-state index contributed by atoms with van der Waals surface area (Å²) in [5, 5.41) is 3.10. The summed E-state index contributed by atoms with van der Waals surface area (Å²) in [7, 11) is -3.61. The van der Waals surface area contributed by atoms with E-state index < -0.39 is 10.0 Å². The summed E-state index contributed by atoms with van der Waals surface area (Å²) >= 11 is 0. The smallest absolute Gasteiger partial charge is 0.243 e. The third kappa shape index (κ3) is 4.81. The number of nitrogens with one attached hydrogen (secondary N) is 1. The average molecular weight is 436 g/mol. The van der Waals surface area contributed by atoms with E-state index in [0.717, 1.165) is 57.3 Å². The predicted molar refractivity (Wildman–Crippen MR) is 117 cm³/mol. The number of nitrogens with zero attached hydrogens (tertiary/aromatic N) is 2. The Labute approximate surface area is 179 Å². The molecule has 3 aliphatic rings. The number of anilines is 2. The Hall–Kier alpha value is -1.64. The molecule has 1 aliphatic carbocycles. The molecule has 166 valence electrons. The first kappa shape index (κ1) is 21.6. The largest absolute Gasteiger partial charge is 0.379 e. The lowest BCUT2D eigenvalue weighted by atomic mass is 10.1. The first-order chi connectivity index (χ1) is 14.6. The van der Waals surface area contributed by atoms with Crippen molar-refractivity contribution < 1.29 is 17.9 Å². The van der Waals surface area contributed by atoms with Gasteiger partial charge in [-0.15, -0.1) is 0 Å². The number of carbonyl (C=O) groups is 1. The van der Waals surface area contributed by atoms with Gasteiger partial charge in [-0.3, -0.25) is 4.79 Å². The predicted octanol–water partition coefficient (Wildman–Crippen LogP) is 3.22. The molecule has 8 heteroatoms. The summed E-state index contributed by atoms with van der Waals surface area (Å²) in [6, 6.07) is 5.23. The Morgan fingerprint density at radius 2 is 1.60 bits per heavy atom. The van der Waals surface area contributed by atoms with Crippen LogP contribution in [0.1, 0.15) is 51.4 Å². The number of ether oxygens (including phenoxy) is 1. The molecule has 30 heavy (non-hydrogen) atoms. The molecule has 1 saturated carbocycles. The van der Waals surface area contributed by atoms with E-state index in [1.165, 1.54) is 17.1 Å². The fraction of sp³-hybridized carbons (Fsp3) is 0.682. The van der Waals surface area contributed by atoms with Gasteiger partial charge in [0.25, 0.3) is 0 Å². The van der Waals surface area contributed by atoms with Crippen LogP contribution in [-0.4, -0.2) is 58.0 Å². The second-order valence-corrected chi connectivity index (χ2v) is 10.5. The monoisotopic (exact) mass is 435 g/mol. The minimum absolute atomic E-state index is 0.0180. The molecule has 1 aromatic rings. The third-order valence-corrected chi connectivity index (χ3v) is 8.40. The zero-order chi connectivity index (χ0) is 21.0. The molecule has 3 fully saturated rings. The lowest BCUT2D eigenvalue weighted by molar-refractivity contribution is -0.119. The van der Waals surface area contributed by atoms with Crippen molar-refractivity contribution >= 4 is 27.3 Å². The number of morpholine rings is 1. The number of sulfonamides is 1. The lowest BCUT2D eigenvalue weighted by Crippen LogP contribution is -2.40. The van der Waals surface area contributed by atoms with Gasteiger partial charge in [-0.05, 0) is 43.9 Å². The third-order valence-electron chi connectivity index (χ3n) is 6.51. The van der Waals surface area contributed by atoms with E-state index >= 15 is 0 Å². The number of rotatable bonds is 5. The number of hydrogen-bond donors (Lipinski definition) is 1. The van der Waals surface area contributed by atoms with Crippen LogP contribution < -0.4 is 10.2 Å². The van der Waals surface area contributed by atoms with Gasteiger partial charge < -0.3 is 15.0 Å². The average Bonchev–Trinajstić information content (AvgIpc) is 3.18. The van der Waals surface area contributed by atoms with Gasteiger partial charge in [0.15, 0.2) is 0 Å². The Balaban J connectivity index is 1.64. The van der Waals surface area contributed by atoms with Crippen molar-refractivity contribution in [3.63, 3.8) is 0 Å². The standard InChI is InChI=1S/C22H33N3O4S/c26-22(18-7-3-4-8-18)23-20-17-19(30(27,28)25-13-15-29-16-14-25)9-10-21(20)24-11-5-1-2-6-12-24/h9-10,17-18H,1-8,11-16H2,(H,23,26). The molecule has 2 heterocycles. The van der Waals surface area contributed by atoms with Gasteiger partial charge in [0.05, 0.1) is 29.5 Å². The van der Waals surface area contributed by atoms with Crippen LogP contribution in [0, 0.1) is 5.92 Å². The SMILES string of the molecule is O=C(Nc1cc(S(=O)(=O)N2CCOCC2)ccc1N1CCCCCC1)C1CCCC1. The van der Waals surface area contributed by atoms with E-state index in [9.17, 15) is 13.2 Å². The molecule has 0 bridgehead atoms. The highest BCUT2D eigenvalue weighted by Crippen LogP contribution is 2.34. The molecule has 1 amide bonds. The molecule has 0 spiro atoms. The minimum Gasteiger partial charge on any atom is -0.379 e. The first-order valence-corrected chi connectivity index (χ1v) is 12.8. The second-order valence-electron chi connectivity index (χ2n) is 8.57. The number of carbonyl (C=O) groups excluding carboxylic acids is 1. The highest BCUT2D eigenvalue weighted by Gasteiger charge is 2.29. The Bertz CT molecular complexity index is 838. The summed E-state index contributed by atoms with van der Waals surface area (Å²) < 4.78 is 33.1. The maximum atomic E-state index is 13.2. The molecule has 0 atom stereocenters. The molecular formula is C22H33N3O4S. The van der Waals surface area contributed by atoms with E-state index in [4.69, 9.17) is 4.74 Å². The van der Waals surface area contributed by atoms with Crippen LogP contribution in [0.3, 0.4) is 0 Å². The van der Waals surface area contributed by atoms with Crippen LogP contribution in [0.2, 0.25) is 0 Å². The summed E-state index contributed by atoms with van der Waals surface area (Å²) in [5.74, 6) is 0.0472. The van der Waals surface area contributed by atoms with E-state index in [0.29, 0.717) is 32.0 Å². The van der Waals surface area contributed by atoms with Crippen LogP contribution in [0.4, 0.5) is 11.4 Å². The zero-order valence-corrected chi connectivity index (χ0v) is 18.5. The summed E-state index contributed by atoms with van der Waals surface area (Å²) in [6.07, 6.45) is 8.65. The number of benzene rings is 1. The summed E-state index contributed by atoms with van der Waals surface area (Å²) in [5.41, 5.74) is 1.56. The molecule has 0 radical (unpaired) electrons. The molecule has 2 aliphatic heterocycles. The van der Waals surface area contributed by atoms with E-state index in [1.807, 2.05) is 6.07 Å². The van der Waals surface area contributed by atoms with Crippen molar-refractivity contribution in [2.45, 2.75) is 56.3 Å². The minimum atomic E-state index is -3.61. The van der Waals surface area contributed by atoms with Crippen LogP contribution >= 0.6 is 0 Å². The van der Waals surface area contributed by atoms with E-state index in [1.54, 1.807) is 12.1 Å². The molecular weight excluding hydrogens is 402 g/mol. The first-order valence-electron chi connectivity index (χ1n) is 11.3. The maximum absolute atomic E-state index is 13.2. The molecule has 0 aromatic heterocycles. The molecule has 4 rings (SSSR count). The van der Waals surface area contributed by atoms with Crippen molar-refractivity contribution in [3.8, 4) is 0 Å². The van der Waals surface area contributed by atoms with Crippen molar-refractivity contribution in [1.29, 1.82) is 0 Å². The van der Waals surface area contributed by atoms with Gasteiger partial charge in [0, 0.05) is 32.1 Å². The van der Waals surface area contributed by atoms with Gasteiger partial charge in [-0.2, -0.15) is 4.31 Å². The Morgan fingerprint density at radius 3 is 2.27 bits per heavy atom.